The minimum Gasteiger partial charge on any atom is -0.383 e. The van der Waals surface area contributed by atoms with Crippen LogP contribution in [0.5, 0.6) is 0 Å². The first-order valence-electron chi connectivity index (χ1n) is 5.19. The maximum absolute atomic E-state index is 12.2. The lowest BCUT2D eigenvalue weighted by Crippen LogP contribution is -2.11. The van der Waals surface area contributed by atoms with Crippen molar-refractivity contribution in [3.8, 4) is 0 Å². The van der Waals surface area contributed by atoms with Crippen molar-refractivity contribution in [3.63, 3.8) is 0 Å². The second kappa shape index (κ2) is 4.31. The molecule has 0 saturated heterocycles. The number of Topliss-reactive ketones (excluding diaryl/α,β-unsaturated/α-hetero) is 1. The Labute approximate surface area is 95.1 Å². The van der Waals surface area contributed by atoms with Crippen LogP contribution < -0.4 is 0 Å². The average molecular weight is 214 g/mol. The maximum Gasteiger partial charge on any atom is 0.192 e. The summed E-state index contributed by atoms with van der Waals surface area (Å²) in [4.78, 5) is 18.3. The highest BCUT2D eigenvalue weighted by Gasteiger charge is 2.17. The van der Waals surface area contributed by atoms with Crippen LogP contribution in [0, 0.1) is 0 Å². The predicted molar refractivity (Wildman–Crippen MR) is 65.0 cm³/mol. The van der Waals surface area contributed by atoms with Crippen LogP contribution >= 0.6 is 0 Å². The number of aliphatic imine (C=N–C) groups is 1. The Morgan fingerprint density at radius 1 is 1.31 bits per heavy atom. The highest BCUT2D eigenvalue weighted by Crippen LogP contribution is 2.16. The van der Waals surface area contributed by atoms with Crippen molar-refractivity contribution in [3.05, 3.63) is 47.2 Å². The number of nitrogens with zero attached hydrogens (tertiary/aromatic N) is 2. The van der Waals surface area contributed by atoms with E-state index in [0.717, 1.165) is 16.7 Å². The molecule has 0 spiro atoms. The van der Waals surface area contributed by atoms with Crippen molar-refractivity contribution in [2.75, 3.05) is 20.6 Å². The largest absolute Gasteiger partial charge is 0.383 e. The molecule has 82 valence electrons. The molecule has 0 radical (unpaired) electrons. The molecule has 3 heteroatoms. The summed E-state index contributed by atoms with van der Waals surface area (Å²) in [5, 5.41) is 0. The van der Waals surface area contributed by atoms with Gasteiger partial charge in [-0.25, -0.2) is 0 Å². The molecule has 0 aromatic heterocycles. The van der Waals surface area contributed by atoms with Crippen molar-refractivity contribution in [1.82, 2.24) is 4.90 Å². The van der Waals surface area contributed by atoms with Crippen LogP contribution in [-0.2, 0) is 0 Å². The predicted octanol–water partition coefficient (Wildman–Crippen LogP) is 1.75. The van der Waals surface area contributed by atoms with E-state index in [1.54, 1.807) is 6.21 Å². The van der Waals surface area contributed by atoms with E-state index in [1.807, 2.05) is 49.5 Å². The zero-order valence-corrected chi connectivity index (χ0v) is 9.47. The second-order valence-corrected chi connectivity index (χ2v) is 4.00. The molecule has 1 aromatic carbocycles. The van der Waals surface area contributed by atoms with Crippen LogP contribution in [0.25, 0.3) is 0 Å². The normalized spacial score (nSPS) is 17.1. The molecule has 3 nitrogen and oxygen atoms in total. The maximum atomic E-state index is 12.2. The molecule has 0 unspecified atom stereocenters. The lowest BCUT2D eigenvalue weighted by Gasteiger charge is -2.08. The first-order chi connectivity index (χ1) is 7.68. The minimum atomic E-state index is 0.0711. The molecule has 16 heavy (non-hydrogen) atoms. The van der Waals surface area contributed by atoms with E-state index in [2.05, 4.69) is 4.99 Å². The van der Waals surface area contributed by atoms with Gasteiger partial charge in [-0.15, -0.1) is 0 Å². The molecule has 0 N–H and O–H groups in total. The summed E-state index contributed by atoms with van der Waals surface area (Å²) < 4.78 is 0. The molecule has 0 fully saturated rings. The van der Waals surface area contributed by atoms with Crippen LogP contribution in [0.1, 0.15) is 15.9 Å². The third kappa shape index (κ3) is 2.03. The van der Waals surface area contributed by atoms with Crippen molar-refractivity contribution in [1.29, 1.82) is 0 Å². The number of hydrogen-bond donors (Lipinski definition) is 0. The van der Waals surface area contributed by atoms with E-state index in [9.17, 15) is 4.79 Å². The smallest absolute Gasteiger partial charge is 0.192 e. The highest BCUT2D eigenvalue weighted by molar-refractivity contribution is 6.14. The number of carbonyl (C=O) groups excluding carboxylic acids is 1. The topological polar surface area (TPSA) is 32.7 Å². The molecule has 1 aliphatic heterocycles. The summed E-state index contributed by atoms with van der Waals surface area (Å²) in [6.07, 6.45) is 3.60. The third-order valence-electron chi connectivity index (χ3n) is 2.40. The van der Waals surface area contributed by atoms with Crippen LogP contribution in [0.2, 0.25) is 0 Å². The Hall–Kier alpha value is -1.90. The number of ketones is 1. The Kier molecular flexibility index (Phi) is 2.86. The molecule has 1 heterocycles. The molecule has 1 aromatic rings. The second-order valence-electron chi connectivity index (χ2n) is 4.00. The summed E-state index contributed by atoms with van der Waals surface area (Å²) in [6.45, 7) is 0.450. The van der Waals surface area contributed by atoms with Crippen molar-refractivity contribution >= 4 is 12.0 Å². The molecule has 1 aliphatic rings. The molecular weight excluding hydrogens is 200 g/mol. The van der Waals surface area contributed by atoms with Gasteiger partial charge in [0.25, 0.3) is 0 Å². The Morgan fingerprint density at radius 3 is 2.81 bits per heavy atom. The summed E-state index contributed by atoms with van der Waals surface area (Å²) in [5.41, 5.74) is 2.36. The highest BCUT2D eigenvalue weighted by atomic mass is 16.1. The molecule has 2 rings (SSSR count). The summed E-state index contributed by atoms with van der Waals surface area (Å²) in [7, 11) is 3.81. The van der Waals surface area contributed by atoms with Gasteiger partial charge < -0.3 is 4.90 Å². The zero-order chi connectivity index (χ0) is 11.5. The van der Waals surface area contributed by atoms with Gasteiger partial charge in [-0.3, -0.25) is 9.79 Å². The Morgan fingerprint density at radius 2 is 2.06 bits per heavy atom. The van der Waals surface area contributed by atoms with Gasteiger partial charge in [-0.05, 0) is 0 Å². The number of carbonyl (C=O) groups is 1. The van der Waals surface area contributed by atoms with Crippen LogP contribution in [0.15, 0.2) is 41.0 Å². The van der Waals surface area contributed by atoms with Gasteiger partial charge >= 0.3 is 0 Å². The third-order valence-corrected chi connectivity index (χ3v) is 2.40. The quantitative estimate of drug-likeness (QED) is 0.667. The molecule has 0 atom stereocenters. The summed E-state index contributed by atoms with van der Waals surface area (Å²) >= 11 is 0. The Bertz CT molecular complexity index is 473. The van der Waals surface area contributed by atoms with Gasteiger partial charge in [0.05, 0.1) is 6.54 Å². The van der Waals surface area contributed by atoms with Crippen molar-refractivity contribution < 1.29 is 4.79 Å². The van der Waals surface area contributed by atoms with Gasteiger partial charge in [0, 0.05) is 43.2 Å². The van der Waals surface area contributed by atoms with Crippen LogP contribution in [0.4, 0.5) is 0 Å². The molecule has 0 aliphatic carbocycles. The van der Waals surface area contributed by atoms with Gasteiger partial charge in [-0.2, -0.15) is 0 Å². The number of benzene rings is 1. The molecule has 0 amide bonds. The van der Waals surface area contributed by atoms with E-state index in [0.29, 0.717) is 6.54 Å². The van der Waals surface area contributed by atoms with E-state index < -0.39 is 0 Å². The van der Waals surface area contributed by atoms with Crippen LogP contribution in [0.3, 0.4) is 0 Å². The number of fused-ring (bicyclic) bond motifs is 1. The average Bonchev–Trinajstić information content (AvgIpc) is 2.40. The number of hydrogen-bond acceptors (Lipinski definition) is 3. The van der Waals surface area contributed by atoms with Crippen molar-refractivity contribution in [2.45, 2.75) is 0 Å². The standard InChI is InChI=1S/C13H14N2O/c1-15(2)9-11-8-14-7-10-5-3-4-6-12(10)13(11)16/h3-7,9H,8H2,1-2H3/b11-9+. The van der Waals surface area contributed by atoms with E-state index in [4.69, 9.17) is 0 Å². The fourth-order valence-corrected chi connectivity index (χ4v) is 1.71. The van der Waals surface area contributed by atoms with Gasteiger partial charge in [0.15, 0.2) is 5.78 Å². The fraction of sp³-hybridized carbons (Fsp3) is 0.231. The first-order valence-corrected chi connectivity index (χ1v) is 5.19. The van der Waals surface area contributed by atoms with E-state index in [1.165, 1.54) is 0 Å². The summed E-state index contributed by atoms with van der Waals surface area (Å²) in [5.74, 6) is 0.0711. The van der Waals surface area contributed by atoms with Crippen LogP contribution in [-0.4, -0.2) is 37.5 Å². The minimum absolute atomic E-state index is 0.0711. The molecule has 0 bridgehead atoms. The van der Waals surface area contributed by atoms with Gasteiger partial charge in [0.1, 0.15) is 0 Å². The van der Waals surface area contributed by atoms with Gasteiger partial charge in [-0.1, -0.05) is 24.3 Å². The van der Waals surface area contributed by atoms with Gasteiger partial charge in [0.2, 0.25) is 0 Å². The van der Waals surface area contributed by atoms with Crippen molar-refractivity contribution in [2.24, 2.45) is 4.99 Å². The Balaban J connectivity index is 2.47. The molecular formula is C13H14N2O. The lowest BCUT2D eigenvalue weighted by molar-refractivity contribution is 0.103. The first kappa shape index (κ1) is 10.6. The lowest BCUT2D eigenvalue weighted by atomic mass is 10.0. The fourth-order valence-electron chi connectivity index (χ4n) is 1.71. The summed E-state index contributed by atoms with van der Waals surface area (Å²) in [6, 6.07) is 7.55. The SMILES string of the molecule is CN(C)/C=C1\CN=Cc2ccccc2C1=O. The molecule has 0 saturated carbocycles. The number of rotatable bonds is 1. The van der Waals surface area contributed by atoms with E-state index >= 15 is 0 Å². The van der Waals surface area contributed by atoms with E-state index in [-0.39, 0.29) is 5.78 Å². The zero-order valence-electron chi connectivity index (χ0n) is 9.47. The monoisotopic (exact) mass is 214 g/mol.